The lowest BCUT2D eigenvalue weighted by molar-refractivity contribution is 0.0722. The maximum Gasteiger partial charge on any atom is 0.252 e. The Morgan fingerprint density at radius 3 is 2.41 bits per heavy atom. The third kappa shape index (κ3) is 6.84. The second-order valence-electron chi connectivity index (χ2n) is 9.52. The van der Waals surface area contributed by atoms with Gasteiger partial charge in [-0.3, -0.25) is 4.79 Å². The molecule has 0 unspecified atom stereocenters. The Morgan fingerprint density at radius 2 is 1.85 bits per heavy atom. The summed E-state index contributed by atoms with van der Waals surface area (Å²) >= 11 is 5.93. The van der Waals surface area contributed by atoms with Gasteiger partial charge in [0, 0.05) is 24.8 Å². The highest BCUT2D eigenvalue weighted by atomic mass is 35.5. The van der Waals surface area contributed by atoms with E-state index in [4.69, 9.17) is 16.3 Å². The van der Waals surface area contributed by atoms with E-state index in [1.54, 1.807) is 13.1 Å². The average molecular weight is 490 g/mol. The van der Waals surface area contributed by atoms with Gasteiger partial charge in [0.25, 0.3) is 5.91 Å². The number of piperidine rings is 1. The highest BCUT2D eigenvalue weighted by Crippen LogP contribution is 2.27. The topological polar surface area (TPSA) is 94.9 Å². The fourth-order valence-corrected chi connectivity index (χ4v) is 4.51. The Bertz CT molecular complexity index is 932. The predicted octanol–water partition coefficient (Wildman–Crippen LogP) is 3.90. The summed E-state index contributed by atoms with van der Waals surface area (Å²) in [5.41, 5.74) is 1.08. The summed E-state index contributed by atoms with van der Waals surface area (Å²) < 4.78 is 5.99. The largest absolute Gasteiger partial charge is 0.494 e. The van der Waals surface area contributed by atoms with Crippen LogP contribution in [0.3, 0.4) is 0 Å². The van der Waals surface area contributed by atoms with Crippen LogP contribution in [-0.4, -0.2) is 59.6 Å². The van der Waals surface area contributed by atoms with Crippen molar-refractivity contribution in [2.24, 2.45) is 5.92 Å². The first-order valence-electron chi connectivity index (χ1n) is 11.9. The quantitative estimate of drug-likeness (QED) is 0.438. The number of nitrogens with one attached hydrogen (secondary N) is 1. The van der Waals surface area contributed by atoms with Crippen LogP contribution in [0.1, 0.15) is 54.1 Å². The van der Waals surface area contributed by atoms with Crippen LogP contribution in [0.5, 0.6) is 5.75 Å². The molecule has 0 bridgehead atoms. The molecule has 1 fully saturated rings. The third-order valence-corrected chi connectivity index (χ3v) is 6.75. The number of nitrogens with zero attached hydrogens (tertiary/aromatic N) is 2. The van der Waals surface area contributed by atoms with Crippen LogP contribution in [0.25, 0.3) is 0 Å². The molecule has 0 radical (unpaired) electrons. The molecule has 1 aromatic heterocycles. The third-order valence-electron chi connectivity index (χ3n) is 6.52. The van der Waals surface area contributed by atoms with Crippen LogP contribution in [0, 0.1) is 19.8 Å². The zero-order valence-corrected chi connectivity index (χ0v) is 21.1. The van der Waals surface area contributed by atoms with Gasteiger partial charge in [0.1, 0.15) is 11.6 Å². The number of aromatic nitrogens is 1. The number of carbonyl (C=O) groups is 1. The van der Waals surface area contributed by atoms with Crippen LogP contribution < -0.4 is 15.0 Å². The van der Waals surface area contributed by atoms with E-state index in [9.17, 15) is 15.0 Å². The fourth-order valence-electron chi connectivity index (χ4n) is 4.40. The Hall–Kier alpha value is -2.35. The van der Waals surface area contributed by atoms with Gasteiger partial charge in [0.15, 0.2) is 0 Å². The van der Waals surface area contributed by atoms with Gasteiger partial charge in [0.05, 0.1) is 30.4 Å². The van der Waals surface area contributed by atoms with Crippen molar-refractivity contribution in [2.75, 3.05) is 37.8 Å². The Balaban J connectivity index is 1.45. The van der Waals surface area contributed by atoms with Gasteiger partial charge in [-0.1, -0.05) is 11.6 Å². The van der Waals surface area contributed by atoms with E-state index in [0.717, 1.165) is 61.5 Å². The molecule has 0 atom stereocenters. The van der Waals surface area contributed by atoms with Crippen molar-refractivity contribution in [1.82, 2.24) is 10.3 Å². The molecule has 2 aromatic rings. The molecule has 1 aromatic carbocycles. The van der Waals surface area contributed by atoms with Crippen LogP contribution in [0.15, 0.2) is 30.5 Å². The second kappa shape index (κ2) is 11.9. The van der Waals surface area contributed by atoms with Crippen molar-refractivity contribution in [3.8, 4) is 5.75 Å². The maximum atomic E-state index is 12.7. The first-order chi connectivity index (χ1) is 16.2. The van der Waals surface area contributed by atoms with E-state index in [1.807, 2.05) is 38.1 Å². The number of aliphatic hydroxyl groups is 2. The summed E-state index contributed by atoms with van der Waals surface area (Å²) in [5.74, 6) is 2.12. The summed E-state index contributed by atoms with van der Waals surface area (Å²) in [4.78, 5) is 19.4. The van der Waals surface area contributed by atoms with Crippen molar-refractivity contribution in [1.29, 1.82) is 0 Å². The number of ether oxygens (including phenoxy) is 1. The lowest BCUT2D eigenvalue weighted by Gasteiger charge is -2.32. The standard InChI is InChI=1S/C26H36ClN3O4/c1-18-13-22(14-19(2)24(18)25(33)29-26(3,16-31)17-32)34-12-4-5-20-8-10-30(11-9-20)23-7-6-21(27)15-28-23/h6-7,13-15,20,31-32H,4-5,8-12,16-17H2,1-3H3,(H,29,33). The highest BCUT2D eigenvalue weighted by Gasteiger charge is 2.27. The van der Waals surface area contributed by atoms with E-state index in [1.165, 1.54) is 0 Å². The lowest BCUT2D eigenvalue weighted by Crippen LogP contribution is -2.52. The van der Waals surface area contributed by atoms with Crippen LogP contribution in [0.2, 0.25) is 5.02 Å². The molecule has 1 aliphatic heterocycles. The molecule has 0 aliphatic carbocycles. The predicted molar refractivity (Wildman–Crippen MR) is 135 cm³/mol. The van der Waals surface area contributed by atoms with Crippen molar-refractivity contribution in [2.45, 2.75) is 52.0 Å². The maximum absolute atomic E-state index is 12.7. The summed E-state index contributed by atoms with van der Waals surface area (Å²) in [6.45, 7) is 7.31. The normalized spacial score (nSPS) is 14.8. The molecule has 34 heavy (non-hydrogen) atoms. The smallest absolute Gasteiger partial charge is 0.252 e. The number of amides is 1. The highest BCUT2D eigenvalue weighted by molar-refractivity contribution is 6.30. The van der Waals surface area contributed by atoms with E-state index < -0.39 is 5.54 Å². The average Bonchev–Trinajstić information content (AvgIpc) is 2.82. The molecule has 186 valence electrons. The molecule has 3 rings (SSSR count). The van der Waals surface area contributed by atoms with E-state index >= 15 is 0 Å². The van der Waals surface area contributed by atoms with Crippen molar-refractivity contribution in [3.05, 3.63) is 52.2 Å². The fraction of sp³-hybridized carbons (Fsp3) is 0.538. The number of carbonyl (C=O) groups excluding carboxylic acids is 1. The molecule has 1 amide bonds. The monoisotopic (exact) mass is 489 g/mol. The van der Waals surface area contributed by atoms with E-state index in [0.29, 0.717) is 23.1 Å². The van der Waals surface area contributed by atoms with E-state index in [2.05, 4.69) is 15.2 Å². The molecule has 3 N–H and O–H groups in total. The van der Waals surface area contributed by atoms with Gasteiger partial charge in [0.2, 0.25) is 0 Å². The lowest BCUT2D eigenvalue weighted by atomic mass is 9.92. The SMILES string of the molecule is Cc1cc(OCCCC2CCN(c3ccc(Cl)cn3)CC2)cc(C)c1C(=O)NC(C)(CO)CO. The molecule has 8 heteroatoms. The molecule has 0 spiro atoms. The van der Waals surface area contributed by atoms with Crippen molar-refractivity contribution < 1.29 is 19.7 Å². The van der Waals surface area contributed by atoms with Crippen LogP contribution >= 0.6 is 11.6 Å². The van der Waals surface area contributed by atoms with Gasteiger partial charge in [-0.15, -0.1) is 0 Å². The van der Waals surface area contributed by atoms with Crippen LogP contribution in [0.4, 0.5) is 5.82 Å². The first kappa shape index (κ1) is 26.3. The molecule has 1 saturated heterocycles. The number of anilines is 1. The Morgan fingerprint density at radius 1 is 1.21 bits per heavy atom. The Labute approximate surface area is 207 Å². The second-order valence-corrected chi connectivity index (χ2v) is 9.96. The molecular formula is C26H36ClN3O4. The van der Waals surface area contributed by atoms with Gasteiger partial charge < -0.3 is 25.2 Å². The molecule has 7 nitrogen and oxygen atoms in total. The molecule has 0 saturated carbocycles. The first-order valence-corrected chi connectivity index (χ1v) is 12.3. The number of benzene rings is 1. The zero-order valence-electron chi connectivity index (χ0n) is 20.3. The van der Waals surface area contributed by atoms with Gasteiger partial charge in [-0.05, 0) is 87.8 Å². The number of hydrogen-bond donors (Lipinski definition) is 3. The van der Waals surface area contributed by atoms with Crippen molar-refractivity contribution in [3.63, 3.8) is 0 Å². The number of pyridine rings is 1. The number of halogens is 1. The minimum Gasteiger partial charge on any atom is -0.494 e. The van der Waals surface area contributed by atoms with E-state index in [-0.39, 0.29) is 19.1 Å². The van der Waals surface area contributed by atoms with Crippen molar-refractivity contribution >= 4 is 23.3 Å². The minimum atomic E-state index is -1.06. The van der Waals surface area contributed by atoms with Gasteiger partial charge in [-0.25, -0.2) is 4.98 Å². The summed E-state index contributed by atoms with van der Waals surface area (Å²) in [6.07, 6.45) is 6.10. The number of aryl methyl sites for hydroxylation is 2. The van der Waals surface area contributed by atoms with Gasteiger partial charge in [-0.2, -0.15) is 0 Å². The molecule has 2 heterocycles. The number of hydrogen-bond acceptors (Lipinski definition) is 6. The van der Waals surface area contributed by atoms with Gasteiger partial charge >= 0.3 is 0 Å². The summed E-state index contributed by atoms with van der Waals surface area (Å²) in [5, 5.41) is 22.3. The molecular weight excluding hydrogens is 454 g/mol. The van der Waals surface area contributed by atoms with Crippen LogP contribution in [-0.2, 0) is 0 Å². The Kier molecular flexibility index (Phi) is 9.17. The summed E-state index contributed by atoms with van der Waals surface area (Å²) in [6, 6.07) is 7.60. The molecule has 1 aliphatic rings. The zero-order chi connectivity index (χ0) is 24.7. The minimum absolute atomic E-state index is 0.313. The number of rotatable bonds is 10. The number of aliphatic hydroxyl groups excluding tert-OH is 2. The summed E-state index contributed by atoms with van der Waals surface area (Å²) in [7, 11) is 0.